The van der Waals surface area contributed by atoms with Crippen molar-refractivity contribution in [3.63, 3.8) is 0 Å². The first kappa shape index (κ1) is 46.1. The van der Waals surface area contributed by atoms with Crippen molar-refractivity contribution in [3.8, 4) is 0 Å². The van der Waals surface area contributed by atoms with E-state index in [0.29, 0.717) is 113 Å². The van der Waals surface area contributed by atoms with Crippen LogP contribution in [-0.2, 0) is 41.6 Å². The average molecular weight is 887 g/mol. The second-order valence-corrected chi connectivity index (χ2v) is 16.3. The van der Waals surface area contributed by atoms with Crippen molar-refractivity contribution < 1.29 is 38.5 Å². The highest BCUT2D eigenvalue weighted by atomic mass is 16.5. The highest BCUT2D eigenvalue weighted by Gasteiger charge is 2.27. The van der Waals surface area contributed by atoms with Crippen LogP contribution in [0.4, 0.5) is 17.5 Å². The number of anilines is 3. The summed E-state index contributed by atoms with van der Waals surface area (Å²) in [5.74, 6) is 0.0465. The van der Waals surface area contributed by atoms with Gasteiger partial charge in [0.05, 0.1) is 75.4 Å². The molecule has 1 atom stereocenters. The third-order valence-electron chi connectivity index (χ3n) is 11.8. The maximum Gasteiger partial charge on any atom is 0.263 e. The van der Waals surface area contributed by atoms with Gasteiger partial charge < -0.3 is 44.7 Å². The number of carbonyl (C=O) groups excluding carboxylic acids is 4. The maximum absolute atomic E-state index is 13.6. The average Bonchev–Trinajstić information content (AvgIpc) is 4.09. The van der Waals surface area contributed by atoms with Crippen LogP contribution in [0.3, 0.4) is 0 Å². The molecule has 0 radical (unpaired) electrons. The van der Waals surface area contributed by atoms with E-state index in [1.54, 1.807) is 28.6 Å². The summed E-state index contributed by atoms with van der Waals surface area (Å²) in [7, 11) is 0. The van der Waals surface area contributed by atoms with Gasteiger partial charge in [0.2, 0.25) is 23.7 Å². The predicted molar refractivity (Wildman–Crippen MR) is 233 cm³/mol. The van der Waals surface area contributed by atoms with Crippen molar-refractivity contribution in [2.75, 3.05) is 95.7 Å². The minimum Gasteiger partial charge on any atom is -0.391 e. The van der Waals surface area contributed by atoms with Gasteiger partial charge in [-0.15, -0.1) is 5.10 Å². The molecule has 21 heteroatoms. The first-order valence-corrected chi connectivity index (χ1v) is 22.1. The van der Waals surface area contributed by atoms with E-state index < -0.39 is 12.0 Å². The zero-order valence-corrected chi connectivity index (χ0v) is 36.6. The minimum absolute atomic E-state index is 0.0100. The molecule has 1 saturated carbocycles. The molecule has 2 aliphatic heterocycles. The standard InChI is InChI=1S/C43H58N12O9/c1-29-35-24-46-43(48-41(35)55(32-5-3-4-6-32)42(61)40(29)30(2)56)47-36-9-8-33(23-44-36)51-13-15-52(16-14-51)38(59)10-7-31-26-54(50-49-31)17-18-62-19-20-63-21-22-64-28-37(58)45-25-39(60)53-12-11-34(57)27-53/h8-9,23-24,26,32,34,57H,3-7,10-22,25,27-28H2,1-2H3,(H,45,58)(H,44,46,47,48)/t34-/m1/s1. The molecule has 0 aromatic carbocycles. The summed E-state index contributed by atoms with van der Waals surface area (Å²) in [6, 6.07) is 3.81. The Morgan fingerprint density at radius 3 is 2.33 bits per heavy atom. The summed E-state index contributed by atoms with van der Waals surface area (Å²) in [4.78, 5) is 82.5. The highest BCUT2D eigenvalue weighted by Crippen LogP contribution is 2.32. The van der Waals surface area contributed by atoms with E-state index in [0.717, 1.165) is 37.1 Å². The summed E-state index contributed by atoms with van der Waals surface area (Å²) in [5.41, 5.74) is 2.69. The second-order valence-electron chi connectivity index (χ2n) is 16.3. The summed E-state index contributed by atoms with van der Waals surface area (Å²) < 4.78 is 19.8. The number of ether oxygens (including phenoxy) is 3. The molecule has 0 spiro atoms. The van der Waals surface area contributed by atoms with Crippen molar-refractivity contribution in [1.82, 2.24) is 49.6 Å². The van der Waals surface area contributed by atoms with Crippen LogP contribution in [0.25, 0.3) is 11.0 Å². The number of carbonyl (C=O) groups is 4. The molecule has 3 fully saturated rings. The molecule has 2 saturated heterocycles. The number of aliphatic hydroxyl groups excluding tert-OH is 1. The minimum atomic E-state index is -0.500. The summed E-state index contributed by atoms with van der Waals surface area (Å²) in [6.45, 7) is 8.33. The highest BCUT2D eigenvalue weighted by molar-refractivity contribution is 5.99. The summed E-state index contributed by atoms with van der Waals surface area (Å²) in [5, 5.41) is 24.3. The molecule has 0 unspecified atom stereocenters. The number of rotatable bonds is 21. The van der Waals surface area contributed by atoms with Gasteiger partial charge in [-0.05, 0) is 50.8 Å². The molecule has 1 aliphatic carbocycles. The van der Waals surface area contributed by atoms with Crippen molar-refractivity contribution in [1.29, 1.82) is 0 Å². The zero-order valence-electron chi connectivity index (χ0n) is 36.6. The van der Waals surface area contributed by atoms with Crippen molar-refractivity contribution in [3.05, 3.63) is 57.9 Å². The predicted octanol–water partition coefficient (Wildman–Crippen LogP) is 1.19. The third-order valence-corrected chi connectivity index (χ3v) is 11.8. The Morgan fingerprint density at radius 1 is 0.875 bits per heavy atom. The number of aliphatic hydroxyl groups is 1. The number of nitrogens with zero attached hydrogens (tertiary/aromatic N) is 10. The number of pyridine rings is 2. The Morgan fingerprint density at radius 2 is 1.62 bits per heavy atom. The van der Waals surface area contributed by atoms with E-state index in [-0.39, 0.29) is 61.1 Å². The van der Waals surface area contributed by atoms with Gasteiger partial charge in [0.15, 0.2) is 5.78 Å². The maximum atomic E-state index is 13.6. The van der Waals surface area contributed by atoms with Gasteiger partial charge in [-0.2, -0.15) is 4.98 Å². The molecule has 6 heterocycles. The largest absolute Gasteiger partial charge is 0.391 e. The Kier molecular flexibility index (Phi) is 15.9. The van der Waals surface area contributed by atoms with Gasteiger partial charge in [-0.3, -0.25) is 28.5 Å². The third kappa shape index (κ3) is 12.0. The number of ketones is 1. The molecule has 3 amide bonds. The number of likely N-dealkylation sites (tertiary alicyclic amines) is 1. The Balaban J connectivity index is 0.756. The number of aromatic nitrogens is 7. The van der Waals surface area contributed by atoms with Gasteiger partial charge in [-0.25, -0.2) is 14.6 Å². The molecule has 3 aliphatic rings. The Hall–Kier alpha value is -5.90. The second kappa shape index (κ2) is 22.1. The van der Waals surface area contributed by atoms with E-state index in [4.69, 9.17) is 19.2 Å². The molecule has 21 nitrogen and oxygen atoms in total. The molecular weight excluding hydrogens is 829 g/mol. The molecule has 64 heavy (non-hydrogen) atoms. The van der Waals surface area contributed by atoms with E-state index in [2.05, 4.69) is 35.8 Å². The van der Waals surface area contributed by atoms with Crippen molar-refractivity contribution >= 4 is 52.0 Å². The molecule has 4 aromatic rings. The number of hydrogen-bond acceptors (Lipinski definition) is 16. The summed E-state index contributed by atoms with van der Waals surface area (Å²) >= 11 is 0. The molecule has 4 aromatic heterocycles. The first-order chi connectivity index (χ1) is 31.0. The van der Waals surface area contributed by atoms with Crippen LogP contribution in [0.15, 0.2) is 35.5 Å². The van der Waals surface area contributed by atoms with Crippen LogP contribution < -0.4 is 21.1 Å². The van der Waals surface area contributed by atoms with Crippen LogP contribution in [0, 0.1) is 6.92 Å². The van der Waals surface area contributed by atoms with Gasteiger partial charge >= 0.3 is 0 Å². The summed E-state index contributed by atoms with van der Waals surface area (Å²) in [6.07, 6.45) is 9.92. The fraction of sp³-hybridized carbons (Fsp3) is 0.581. The smallest absolute Gasteiger partial charge is 0.263 e. The molecule has 0 bridgehead atoms. The molecule has 3 N–H and O–H groups in total. The van der Waals surface area contributed by atoms with E-state index in [1.165, 1.54) is 11.8 Å². The number of fused-ring (bicyclic) bond motifs is 1. The number of β-amino-alcohol motifs (C(OH)–C–C–N with tert-alkyl or cyclic N) is 1. The van der Waals surface area contributed by atoms with Gasteiger partial charge in [0.1, 0.15) is 18.1 Å². The van der Waals surface area contributed by atoms with Gasteiger partial charge in [0, 0.05) is 75.9 Å². The SMILES string of the molecule is CC(=O)c1c(C)c2cnc(Nc3ccc(N4CCN(C(=O)CCc5cn(CCOCCOCCOCC(=O)NCC(=O)N6CC[C@@H](O)C6)nn5)CC4)cn3)nc2n(C2CCCC2)c1=O. The fourth-order valence-electron chi connectivity index (χ4n) is 8.31. The van der Waals surface area contributed by atoms with Gasteiger partial charge in [0.25, 0.3) is 5.56 Å². The monoisotopic (exact) mass is 886 g/mol. The number of piperazine rings is 1. The van der Waals surface area contributed by atoms with E-state index in [9.17, 15) is 29.1 Å². The van der Waals surface area contributed by atoms with Crippen LogP contribution in [0.1, 0.15) is 73.1 Å². The number of hydrogen-bond donors (Lipinski definition) is 3. The van der Waals surface area contributed by atoms with Crippen LogP contribution >= 0.6 is 0 Å². The van der Waals surface area contributed by atoms with E-state index in [1.807, 2.05) is 23.2 Å². The lowest BCUT2D eigenvalue weighted by atomic mass is 10.0. The first-order valence-electron chi connectivity index (χ1n) is 22.1. The number of Topliss-reactive ketones (excluding diaryl/α,β-unsaturated/α-hetero) is 1. The van der Waals surface area contributed by atoms with E-state index >= 15 is 0 Å². The van der Waals surface area contributed by atoms with Crippen LogP contribution in [0.2, 0.25) is 0 Å². The lowest BCUT2D eigenvalue weighted by Crippen LogP contribution is -2.48. The lowest BCUT2D eigenvalue weighted by Gasteiger charge is -2.36. The normalized spacial score (nSPS) is 16.8. The van der Waals surface area contributed by atoms with Crippen LogP contribution in [0.5, 0.6) is 0 Å². The molecule has 344 valence electrons. The number of aryl methyl sites for hydroxylation is 2. The topological polar surface area (TPSA) is 241 Å². The van der Waals surface area contributed by atoms with Crippen LogP contribution in [-0.4, -0.2) is 164 Å². The number of nitrogens with one attached hydrogen (secondary N) is 2. The van der Waals surface area contributed by atoms with Crippen molar-refractivity contribution in [2.24, 2.45) is 0 Å². The fourth-order valence-corrected chi connectivity index (χ4v) is 8.31. The zero-order chi connectivity index (χ0) is 45.0. The Labute approximate surface area is 370 Å². The van der Waals surface area contributed by atoms with Gasteiger partial charge in [-0.1, -0.05) is 18.1 Å². The molecular formula is C43H58N12O9. The number of amides is 3. The quantitative estimate of drug-likeness (QED) is 0.0787. The lowest BCUT2D eigenvalue weighted by molar-refractivity contribution is -0.133. The molecule has 7 rings (SSSR count). The van der Waals surface area contributed by atoms with Crippen molar-refractivity contribution in [2.45, 2.75) is 77.5 Å². The Bertz CT molecular complexity index is 2310.